The van der Waals surface area contributed by atoms with Crippen molar-refractivity contribution in [2.75, 3.05) is 33.4 Å². The van der Waals surface area contributed by atoms with Gasteiger partial charge in [0.05, 0.1) is 6.61 Å². The van der Waals surface area contributed by atoms with Crippen LogP contribution in [0.3, 0.4) is 0 Å². The largest absolute Gasteiger partial charge is 0.483 e. The first-order valence-electron chi connectivity index (χ1n) is 8.87. The molecule has 1 aliphatic rings. The van der Waals surface area contributed by atoms with E-state index >= 15 is 0 Å². The van der Waals surface area contributed by atoms with E-state index in [1.807, 2.05) is 12.1 Å². The summed E-state index contributed by atoms with van der Waals surface area (Å²) in [6, 6.07) is 9.11. The van der Waals surface area contributed by atoms with Crippen molar-refractivity contribution in [2.24, 2.45) is 0 Å². The van der Waals surface area contributed by atoms with Gasteiger partial charge in [0.15, 0.2) is 6.61 Å². The summed E-state index contributed by atoms with van der Waals surface area (Å²) in [6.07, 6.45) is 4.21. The highest BCUT2D eigenvalue weighted by Gasteiger charge is 2.22. The molecule has 7 nitrogen and oxygen atoms in total. The van der Waals surface area contributed by atoms with Crippen LogP contribution in [0.2, 0.25) is 0 Å². The lowest BCUT2D eigenvalue weighted by Gasteiger charge is -2.19. The molecule has 1 aliphatic heterocycles. The van der Waals surface area contributed by atoms with Gasteiger partial charge in [-0.15, -0.1) is 0 Å². The molecule has 0 saturated carbocycles. The SMILES string of the molecule is COCCN1Cc2cc(C(=O)NCCc3ccncc3)ccc2OCC1=O. The molecule has 0 bridgehead atoms. The fourth-order valence-corrected chi connectivity index (χ4v) is 2.89. The van der Waals surface area contributed by atoms with E-state index in [4.69, 9.17) is 9.47 Å². The Morgan fingerprint density at radius 2 is 2.11 bits per heavy atom. The normalized spacial score (nSPS) is 13.5. The zero-order valence-corrected chi connectivity index (χ0v) is 15.3. The van der Waals surface area contributed by atoms with E-state index in [-0.39, 0.29) is 18.4 Å². The molecule has 142 valence electrons. The Morgan fingerprint density at radius 3 is 2.89 bits per heavy atom. The fourth-order valence-electron chi connectivity index (χ4n) is 2.89. The number of nitrogens with zero attached hydrogens (tertiary/aromatic N) is 2. The van der Waals surface area contributed by atoms with Crippen molar-refractivity contribution in [3.8, 4) is 5.75 Å². The molecule has 2 aromatic rings. The predicted molar refractivity (Wildman–Crippen MR) is 99.5 cm³/mol. The standard InChI is InChI=1S/C20H23N3O4/c1-26-11-10-23-13-17-12-16(2-3-18(17)27-14-19(23)24)20(25)22-9-6-15-4-7-21-8-5-15/h2-5,7-8,12H,6,9-11,13-14H2,1H3,(H,22,25). The third-order valence-electron chi connectivity index (χ3n) is 4.40. The zero-order chi connectivity index (χ0) is 19.1. The number of amides is 2. The maximum atomic E-state index is 12.5. The minimum Gasteiger partial charge on any atom is -0.483 e. The van der Waals surface area contributed by atoms with Crippen LogP contribution in [0.25, 0.3) is 0 Å². The summed E-state index contributed by atoms with van der Waals surface area (Å²) in [4.78, 5) is 30.3. The average Bonchev–Trinajstić information content (AvgIpc) is 2.85. The first kappa shape index (κ1) is 18.8. The smallest absolute Gasteiger partial charge is 0.260 e. The Labute approximate surface area is 158 Å². The number of fused-ring (bicyclic) bond motifs is 1. The molecule has 0 fully saturated rings. The van der Waals surface area contributed by atoms with E-state index in [9.17, 15) is 9.59 Å². The van der Waals surface area contributed by atoms with Gasteiger partial charge in [-0.2, -0.15) is 0 Å². The summed E-state index contributed by atoms with van der Waals surface area (Å²) in [5, 5.41) is 2.92. The number of hydrogen-bond donors (Lipinski definition) is 1. The van der Waals surface area contributed by atoms with Gasteiger partial charge >= 0.3 is 0 Å². The van der Waals surface area contributed by atoms with Crippen LogP contribution in [-0.4, -0.2) is 55.1 Å². The first-order valence-corrected chi connectivity index (χ1v) is 8.87. The maximum Gasteiger partial charge on any atom is 0.260 e. The van der Waals surface area contributed by atoms with Gasteiger partial charge in [0, 0.05) is 50.3 Å². The molecule has 3 rings (SSSR count). The zero-order valence-electron chi connectivity index (χ0n) is 15.3. The molecule has 0 radical (unpaired) electrons. The summed E-state index contributed by atoms with van der Waals surface area (Å²) in [7, 11) is 1.60. The van der Waals surface area contributed by atoms with Crippen molar-refractivity contribution in [3.05, 3.63) is 59.4 Å². The molecule has 7 heteroatoms. The van der Waals surface area contributed by atoms with Crippen LogP contribution in [0, 0.1) is 0 Å². The molecule has 2 amide bonds. The van der Waals surface area contributed by atoms with E-state index < -0.39 is 0 Å². The van der Waals surface area contributed by atoms with Gasteiger partial charge in [-0.05, 0) is 42.3 Å². The average molecular weight is 369 g/mol. The predicted octanol–water partition coefficient (Wildman–Crippen LogP) is 1.42. The van der Waals surface area contributed by atoms with Crippen molar-refractivity contribution in [2.45, 2.75) is 13.0 Å². The van der Waals surface area contributed by atoms with Gasteiger partial charge in [0.1, 0.15) is 5.75 Å². The van der Waals surface area contributed by atoms with Crippen LogP contribution < -0.4 is 10.1 Å². The molecule has 1 aromatic carbocycles. The Bertz CT molecular complexity index is 795. The number of carbonyl (C=O) groups excluding carboxylic acids is 2. The van der Waals surface area contributed by atoms with E-state index in [0.717, 1.165) is 17.5 Å². The molecule has 0 spiro atoms. The summed E-state index contributed by atoms with van der Waals surface area (Å²) in [5.41, 5.74) is 2.49. The van der Waals surface area contributed by atoms with Crippen molar-refractivity contribution < 1.29 is 19.1 Å². The van der Waals surface area contributed by atoms with E-state index in [1.54, 1.807) is 42.6 Å². The van der Waals surface area contributed by atoms with Crippen LogP contribution in [0.4, 0.5) is 0 Å². The van der Waals surface area contributed by atoms with E-state index in [2.05, 4.69) is 10.3 Å². The second-order valence-electron chi connectivity index (χ2n) is 6.28. The number of nitrogens with one attached hydrogen (secondary N) is 1. The lowest BCUT2D eigenvalue weighted by Crippen LogP contribution is -2.34. The Kier molecular flexibility index (Phi) is 6.38. The summed E-state index contributed by atoms with van der Waals surface area (Å²) >= 11 is 0. The fraction of sp³-hybridized carbons (Fsp3) is 0.350. The third-order valence-corrected chi connectivity index (χ3v) is 4.40. The van der Waals surface area contributed by atoms with Crippen LogP contribution >= 0.6 is 0 Å². The van der Waals surface area contributed by atoms with Crippen LogP contribution in [-0.2, 0) is 22.5 Å². The number of hydrogen-bond acceptors (Lipinski definition) is 5. The Morgan fingerprint density at radius 1 is 1.30 bits per heavy atom. The second-order valence-corrected chi connectivity index (χ2v) is 6.28. The summed E-state index contributed by atoms with van der Waals surface area (Å²) < 4.78 is 10.6. The third kappa shape index (κ3) is 5.04. The van der Waals surface area contributed by atoms with Crippen LogP contribution in [0.5, 0.6) is 5.75 Å². The van der Waals surface area contributed by atoms with Crippen molar-refractivity contribution >= 4 is 11.8 Å². The van der Waals surface area contributed by atoms with Gasteiger partial charge in [-0.1, -0.05) is 0 Å². The number of rotatable bonds is 7. The number of ether oxygens (including phenoxy) is 2. The summed E-state index contributed by atoms with van der Waals surface area (Å²) in [5.74, 6) is 0.397. The monoisotopic (exact) mass is 369 g/mol. The quantitative estimate of drug-likeness (QED) is 0.798. The molecule has 1 aromatic heterocycles. The molecule has 0 atom stereocenters. The number of carbonyl (C=O) groups is 2. The van der Waals surface area contributed by atoms with Crippen molar-refractivity contribution in [1.29, 1.82) is 0 Å². The lowest BCUT2D eigenvalue weighted by molar-refractivity contribution is -0.133. The molecule has 1 N–H and O–H groups in total. The molecule has 0 saturated heterocycles. The molecule has 2 heterocycles. The van der Waals surface area contributed by atoms with Crippen molar-refractivity contribution in [3.63, 3.8) is 0 Å². The van der Waals surface area contributed by atoms with E-state index in [1.165, 1.54) is 0 Å². The minimum absolute atomic E-state index is 0.00576. The Balaban J connectivity index is 1.64. The maximum absolute atomic E-state index is 12.5. The van der Waals surface area contributed by atoms with Crippen LogP contribution in [0.15, 0.2) is 42.7 Å². The molecular weight excluding hydrogens is 346 g/mol. The van der Waals surface area contributed by atoms with Gasteiger partial charge in [0.25, 0.3) is 11.8 Å². The topological polar surface area (TPSA) is 80.8 Å². The number of benzene rings is 1. The highest BCUT2D eigenvalue weighted by molar-refractivity contribution is 5.94. The second kappa shape index (κ2) is 9.14. The number of aromatic nitrogens is 1. The molecule has 27 heavy (non-hydrogen) atoms. The van der Waals surface area contributed by atoms with Crippen LogP contribution in [0.1, 0.15) is 21.5 Å². The van der Waals surface area contributed by atoms with Gasteiger partial charge in [0.2, 0.25) is 0 Å². The van der Waals surface area contributed by atoms with Gasteiger partial charge in [-0.25, -0.2) is 0 Å². The van der Waals surface area contributed by atoms with Gasteiger partial charge in [-0.3, -0.25) is 14.6 Å². The highest BCUT2D eigenvalue weighted by atomic mass is 16.5. The lowest BCUT2D eigenvalue weighted by atomic mass is 10.1. The molecule has 0 aliphatic carbocycles. The number of pyridine rings is 1. The van der Waals surface area contributed by atoms with E-state index in [0.29, 0.717) is 37.6 Å². The summed E-state index contributed by atoms with van der Waals surface area (Å²) in [6.45, 7) is 1.87. The molecular formula is C20H23N3O4. The highest BCUT2D eigenvalue weighted by Crippen LogP contribution is 2.24. The number of methoxy groups -OCH3 is 1. The van der Waals surface area contributed by atoms with Crippen molar-refractivity contribution in [1.82, 2.24) is 15.2 Å². The first-order chi connectivity index (χ1) is 13.2. The minimum atomic E-state index is -0.147. The van der Waals surface area contributed by atoms with Gasteiger partial charge < -0.3 is 19.7 Å². The Hall–Kier alpha value is -2.93. The molecule has 0 unspecified atom stereocenters.